The molecule has 2 aromatic heterocycles. The molecule has 0 saturated carbocycles. The van der Waals surface area contributed by atoms with Gasteiger partial charge in [-0.15, -0.1) is 0 Å². The molecule has 2 bridgehead atoms. The van der Waals surface area contributed by atoms with Crippen LogP contribution in [-0.2, 0) is 4.74 Å². The van der Waals surface area contributed by atoms with Crippen molar-refractivity contribution in [1.82, 2.24) is 15.3 Å². The lowest BCUT2D eigenvalue weighted by molar-refractivity contribution is 0.0776. The van der Waals surface area contributed by atoms with Gasteiger partial charge in [0.05, 0.1) is 31.0 Å². The Kier molecular flexibility index (Phi) is 6.37. The molecule has 2 N–H and O–H groups in total. The summed E-state index contributed by atoms with van der Waals surface area (Å²) in [6.45, 7) is 5.43. The molecule has 0 spiro atoms. The Bertz CT molecular complexity index is 1110. The minimum Gasteiger partial charge on any atom is -0.378 e. The highest BCUT2D eigenvalue weighted by Gasteiger charge is 2.40. The normalized spacial score (nSPS) is 20.0. The number of pyridine rings is 2. The van der Waals surface area contributed by atoms with E-state index in [2.05, 4.69) is 30.4 Å². The van der Waals surface area contributed by atoms with Crippen molar-refractivity contribution in [3.63, 3.8) is 0 Å². The molecule has 2 fully saturated rings. The Balaban J connectivity index is 1.38. The number of alkyl halides is 2. The highest BCUT2D eigenvalue weighted by atomic mass is 19.3. The molecule has 0 unspecified atom stereocenters. The number of hydrogen-bond acceptors (Lipinski definition) is 7. The molecule has 186 valence electrons. The summed E-state index contributed by atoms with van der Waals surface area (Å²) in [6, 6.07) is 5.06. The molecule has 3 aliphatic rings. The van der Waals surface area contributed by atoms with Gasteiger partial charge in [-0.3, -0.25) is 15.0 Å². The molecule has 2 saturated heterocycles. The predicted octanol–water partition coefficient (Wildman–Crippen LogP) is 2.33. The van der Waals surface area contributed by atoms with Crippen LogP contribution in [0.2, 0.25) is 0 Å². The first-order chi connectivity index (χ1) is 16.9. The van der Waals surface area contributed by atoms with Crippen molar-refractivity contribution in [1.29, 1.82) is 0 Å². The van der Waals surface area contributed by atoms with Crippen molar-refractivity contribution in [3.8, 4) is 0 Å². The van der Waals surface area contributed by atoms with E-state index in [9.17, 15) is 18.4 Å². The molecular weight excluding hydrogens is 460 g/mol. The highest BCUT2D eigenvalue weighted by molar-refractivity contribution is 6.05. The Morgan fingerprint density at radius 1 is 1.14 bits per heavy atom. The van der Waals surface area contributed by atoms with Gasteiger partial charge >= 0.3 is 6.03 Å². The zero-order valence-electron chi connectivity index (χ0n) is 19.3. The van der Waals surface area contributed by atoms with Gasteiger partial charge in [-0.05, 0) is 31.5 Å². The summed E-state index contributed by atoms with van der Waals surface area (Å²) in [6.07, 6.45) is -0.302. The van der Waals surface area contributed by atoms with Crippen LogP contribution in [0.15, 0.2) is 30.5 Å². The van der Waals surface area contributed by atoms with Crippen molar-refractivity contribution >= 4 is 34.9 Å². The van der Waals surface area contributed by atoms with Crippen LogP contribution in [-0.4, -0.2) is 79.8 Å². The van der Waals surface area contributed by atoms with Crippen LogP contribution >= 0.6 is 0 Å². The maximum absolute atomic E-state index is 13.4. The van der Waals surface area contributed by atoms with Crippen LogP contribution in [0.1, 0.15) is 23.8 Å². The molecule has 0 radical (unpaired) electrons. The molecule has 3 amide bonds. The summed E-state index contributed by atoms with van der Waals surface area (Å²) in [4.78, 5) is 40.5. The maximum atomic E-state index is 13.4. The maximum Gasteiger partial charge on any atom is 0.329 e. The van der Waals surface area contributed by atoms with E-state index in [0.717, 1.165) is 37.4 Å². The summed E-state index contributed by atoms with van der Waals surface area (Å²) in [5.41, 5.74) is 1.64. The number of carbonyl (C=O) groups is 2. The van der Waals surface area contributed by atoms with E-state index in [4.69, 9.17) is 4.74 Å². The third-order valence-corrected chi connectivity index (χ3v) is 6.49. The first kappa shape index (κ1) is 23.2. The fourth-order valence-electron chi connectivity index (χ4n) is 4.62. The number of morpholine rings is 1. The number of rotatable bonds is 5. The van der Waals surface area contributed by atoms with Crippen LogP contribution in [0.25, 0.3) is 0 Å². The van der Waals surface area contributed by atoms with Crippen LogP contribution in [0.3, 0.4) is 0 Å². The van der Waals surface area contributed by atoms with Crippen LogP contribution in [0.4, 0.5) is 36.6 Å². The van der Waals surface area contributed by atoms with Crippen molar-refractivity contribution in [3.05, 3.63) is 36.2 Å². The van der Waals surface area contributed by atoms with Gasteiger partial charge in [0.15, 0.2) is 5.82 Å². The van der Waals surface area contributed by atoms with Gasteiger partial charge in [-0.2, -0.15) is 0 Å². The second-order valence-electron chi connectivity index (χ2n) is 8.82. The van der Waals surface area contributed by atoms with E-state index < -0.39 is 24.4 Å². The van der Waals surface area contributed by atoms with Crippen molar-refractivity contribution in [2.45, 2.75) is 31.9 Å². The zero-order chi connectivity index (χ0) is 24.5. The number of aromatic nitrogens is 2. The van der Waals surface area contributed by atoms with Crippen molar-refractivity contribution in [2.75, 3.05) is 59.4 Å². The highest BCUT2D eigenvalue weighted by Crippen LogP contribution is 2.39. The van der Waals surface area contributed by atoms with E-state index in [1.54, 1.807) is 17.2 Å². The summed E-state index contributed by atoms with van der Waals surface area (Å²) < 4.78 is 31.2. The van der Waals surface area contributed by atoms with Crippen molar-refractivity contribution < 1.29 is 23.1 Å². The van der Waals surface area contributed by atoms with Crippen molar-refractivity contribution in [2.24, 2.45) is 0 Å². The van der Waals surface area contributed by atoms with Crippen LogP contribution < -0.4 is 25.3 Å². The van der Waals surface area contributed by atoms with Crippen LogP contribution in [0, 0.1) is 0 Å². The lowest BCUT2D eigenvalue weighted by Gasteiger charge is -2.35. The average molecular weight is 488 g/mol. The second kappa shape index (κ2) is 9.61. The standard InChI is InChI=1S/C23H27F2N7O3/c1-14(20(24)25)27-22(33)17-2-3-18-21(28-17)32(16-5-7-31(18)13-16)23(34)29-19-12-15(4-6-26-19)30-8-10-35-11-9-30/h2-4,6,12,14,16,20H,5,7-11,13H2,1H3,(H,27,33)(H,26,29,34)/t14-,16+/m1/s1. The Morgan fingerprint density at radius 3 is 2.71 bits per heavy atom. The quantitative estimate of drug-likeness (QED) is 0.667. The topological polar surface area (TPSA) is 103 Å². The van der Waals surface area contributed by atoms with Gasteiger partial charge < -0.3 is 19.9 Å². The van der Waals surface area contributed by atoms with E-state index in [1.165, 1.54) is 13.0 Å². The molecule has 2 aromatic rings. The molecule has 35 heavy (non-hydrogen) atoms. The number of amides is 3. The second-order valence-corrected chi connectivity index (χ2v) is 8.82. The van der Waals surface area contributed by atoms with Gasteiger partial charge in [-0.1, -0.05) is 0 Å². The molecule has 0 aliphatic carbocycles. The van der Waals surface area contributed by atoms with E-state index in [0.29, 0.717) is 31.4 Å². The van der Waals surface area contributed by atoms with Gasteiger partial charge in [-0.25, -0.2) is 23.5 Å². The fourth-order valence-corrected chi connectivity index (χ4v) is 4.62. The van der Waals surface area contributed by atoms with E-state index in [1.807, 2.05) is 12.1 Å². The zero-order valence-corrected chi connectivity index (χ0v) is 19.3. The largest absolute Gasteiger partial charge is 0.378 e. The van der Waals surface area contributed by atoms with Gasteiger partial charge in [0.2, 0.25) is 0 Å². The summed E-state index contributed by atoms with van der Waals surface area (Å²) >= 11 is 0. The predicted molar refractivity (Wildman–Crippen MR) is 127 cm³/mol. The number of nitrogens with one attached hydrogen (secondary N) is 2. The Labute approximate surface area is 201 Å². The molecule has 0 aromatic carbocycles. The van der Waals surface area contributed by atoms with E-state index in [-0.39, 0.29) is 11.7 Å². The molecule has 12 heteroatoms. The number of ether oxygens (including phenoxy) is 1. The Morgan fingerprint density at radius 2 is 1.94 bits per heavy atom. The number of carbonyl (C=O) groups excluding carboxylic acids is 2. The van der Waals surface area contributed by atoms with Gasteiger partial charge in [0.1, 0.15) is 11.5 Å². The molecule has 3 aliphatic heterocycles. The first-order valence-corrected chi connectivity index (χ1v) is 11.6. The lowest BCUT2D eigenvalue weighted by Crippen LogP contribution is -2.48. The monoisotopic (exact) mass is 487 g/mol. The number of fused-ring (bicyclic) bond motifs is 4. The molecule has 5 heterocycles. The third-order valence-electron chi connectivity index (χ3n) is 6.49. The van der Waals surface area contributed by atoms with E-state index >= 15 is 0 Å². The molecule has 10 nitrogen and oxygen atoms in total. The number of halogens is 2. The minimum atomic E-state index is -2.69. The summed E-state index contributed by atoms with van der Waals surface area (Å²) in [5.74, 6) is 0.0207. The fraction of sp³-hybridized carbons (Fsp3) is 0.478. The van der Waals surface area contributed by atoms with Crippen LogP contribution in [0.5, 0.6) is 0 Å². The Hall–Kier alpha value is -3.54. The van der Waals surface area contributed by atoms with Gasteiger partial charge in [0, 0.05) is 44.1 Å². The number of nitrogens with zero attached hydrogens (tertiary/aromatic N) is 5. The number of hydrogen-bond donors (Lipinski definition) is 2. The lowest BCUT2D eigenvalue weighted by atomic mass is 10.1. The third kappa shape index (κ3) is 4.70. The molecule has 2 atom stereocenters. The number of urea groups is 1. The SMILES string of the molecule is C[C@@H](NC(=O)c1ccc2c(n1)N(C(=O)Nc1cc(N3CCOCC3)ccn1)[C@H]1CCN2C1)C(F)F. The summed E-state index contributed by atoms with van der Waals surface area (Å²) in [5, 5.41) is 5.12. The average Bonchev–Trinajstić information content (AvgIpc) is 3.28. The van der Waals surface area contributed by atoms with Gasteiger partial charge in [0.25, 0.3) is 12.3 Å². The first-order valence-electron chi connectivity index (χ1n) is 11.6. The smallest absolute Gasteiger partial charge is 0.329 e. The number of anilines is 4. The molecule has 5 rings (SSSR count). The summed E-state index contributed by atoms with van der Waals surface area (Å²) in [7, 11) is 0. The molecular formula is C23H27F2N7O3. The minimum absolute atomic E-state index is 0.0241.